The van der Waals surface area contributed by atoms with Crippen molar-refractivity contribution in [2.45, 2.75) is 33.7 Å². The molecular weight excluding hydrogens is 376 g/mol. The van der Waals surface area contributed by atoms with E-state index in [1.165, 1.54) is 12.3 Å². The molecule has 0 saturated heterocycles. The standard InChI is InChI=1S/C25H26N2O3/c1-16-8-11-20(12-9-16)24(28)27-23(15-21-6-5-13-30-21)25(29)26-19(4)22-14-17(2)7-10-18(22)3/h5-15,19H,1-4H3,(H,26,29)(H,27,28)/b23-15-/t19-/m1/s1. The summed E-state index contributed by atoms with van der Waals surface area (Å²) < 4.78 is 5.33. The molecule has 0 radical (unpaired) electrons. The van der Waals surface area contributed by atoms with Crippen LogP contribution in [-0.2, 0) is 4.79 Å². The molecule has 0 fully saturated rings. The molecule has 0 aliphatic heterocycles. The fourth-order valence-electron chi connectivity index (χ4n) is 3.15. The van der Waals surface area contributed by atoms with E-state index in [2.05, 4.69) is 16.7 Å². The third-order valence-corrected chi connectivity index (χ3v) is 4.89. The molecule has 0 unspecified atom stereocenters. The minimum atomic E-state index is -0.389. The summed E-state index contributed by atoms with van der Waals surface area (Å²) in [6, 6.07) is 16.5. The van der Waals surface area contributed by atoms with Crippen LogP contribution in [0.1, 0.15) is 51.3 Å². The first-order valence-corrected chi connectivity index (χ1v) is 9.84. The molecule has 2 N–H and O–H groups in total. The van der Waals surface area contributed by atoms with E-state index in [0.29, 0.717) is 11.3 Å². The molecule has 2 amide bonds. The quantitative estimate of drug-likeness (QED) is 0.579. The molecule has 1 heterocycles. The molecule has 3 rings (SSSR count). The van der Waals surface area contributed by atoms with Crippen LogP contribution in [0.3, 0.4) is 0 Å². The Morgan fingerprint density at radius 2 is 1.67 bits per heavy atom. The van der Waals surface area contributed by atoms with Crippen molar-refractivity contribution in [3.63, 3.8) is 0 Å². The normalized spacial score (nSPS) is 12.3. The van der Waals surface area contributed by atoms with Crippen molar-refractivity contribution < 1.29 is 14.0 Å². The third kappa shape index (κ3) is 5.26. The van der Waals surface area contributed by atoms with Crippen LogP contribution < -0.4 is 10.6 Å². The van der Waals surface area contributed by atoms with Gasteiger partial charge in [0, 0.05) is 11.6 Å². The van der Waals surface area contributed by atoms with E-state index in [0.717, 1.165) is 22.3 Å². The van der Waals surface area contributed by atoms with E-state index in [4.69, 9.17) is 4.42 Å². The monoisotopic (exact) mass is 402 g/mol. The Labute approximate surface area is 176 Å². The van der Waals surface area contributed by atoms with Crippen molar-refractivity contribution in [1.82, 2.24) is 10.6 Å². The summed E-state index contributed by atoms with van der Waals surface area (Å²) in [5, 5.41) is 5.70. The van der Waals surface area contributed by atoms with Crippen molar-refractivity contribution in [3.8, 4) is 0 Å². The van der Waals surface area contributed by atoms with Gasteiger partial charge in [0.05, 0.1) is 12.3 Å². The van der Waals surface area contributed by atoms with Gasteiger partial charge in [0.25, 0.3) is 11.8 Å². The fraction of sp³-hybridized carbons (Fsp3) is 0.200. The predicted molar refractivity (Wildman–Crippen MR) is 118 cm³/mol. The second kappa shape index (κ2) is 9.27. The SMILES string of the molecule is Cc1ccc(C(=O)N/C(=C\c2ccco2)C(=O)N[C@H](C)c2cc(C)ccc2C)cc1. The van der Waals surface area contributed by atoms with Gasteiger partial charge >= 0.3 is 0 Å². The highest BCUT2D eigenvalue weighted by Gasteiger charge is 2.19. The molecule has 0 saturated carbocycles. The van der Waals surface area contributed by atoms with Gasteiger partial charge in [0.15, 0.2) is 0 Å². The van der Waals surface area contributed by atoms with Crippen LogP contribution in [0.15, 0.2) is 71.0 Å². The summed E-state index contributed by atoms with van der Waals surface area (Å²) in [5.41, 5.74) is 4.89. The van der Waals surface area contributed by atoms with E-state index in [1.807, 2.05) is 52.0 Å². The Bertz CT molecular complexity index is 1060. The van der Waals surface area contributed by atoms with E-state index in [-0.39, 0.29) is 23.6 Å². The summed E-state index contributed by atoms with van der Waals surface area (Å²) in [6.07, 6.45) is 3.04. The second-order valence-corrected chi connectivity index (χ2v) is 7.45. The number of rotatable bonds is 6. The number of carbonyl (C=O) groups excluding carboxylic acids is 2. The van der Waals surface area contributed by atoms with E-state index in [1.54, 1.807) is 24.3 Å². The van der Waals surface area contributed by atoms with Crippen molar-refractivity contribution in [2.24, 2.45) is 0 Å². The molecule has 0 bridgehead atoms. The van der Waals surface area contributed by atoms with Crippen LogP contribution >= 0.6 is 0 Å². The van der Waals surface area contributed by atoms with Crippen molar-refractivity contribution in [2.75, 3.05) is 0 Å². The van der Waals surface area contributed by atoms with Crippen LogP contribution in [0, 0.1) is 20.8 Å². The Morgan fingerprint density at radius 3 is 2.33 bits per heavy atom. The van der Waals surface area contributed by atoms with Crippen molar-refractivity contribution in [1.29, 1.82) is 0 Å². The highest BCUT2D eigenvalue weighted by molar-refractivity contribution is 6.05. The molecule has 3 aromatic rings. The maximum atomic E-state index is 13.0. The Balaban J connectivity index is 1.83. The zero-order valence-electron chi connectivity index (χ0n) is 17.7. The second-order valence-electron chi connectivity index (χ2n) is 7.45. The summed E-state index contributed by atoms with van der Waals surface area (Å²) in [5.74, 6) is -0.272. The summed E-state index contributed by atoms with van der Waals surface area (Å²) in [4.78, 5) is 25.7. The van der Waals surface area contributed by atoms with Crippen molar-refractivity contribution in [3.05, 3.63) is 100 Å². The van der Waals surface area contributed by atoms with Gasteiger partial charge in [-0.2, -0.15) is 0 Å². The Kier molecular flexibility index (Phi) is 6.52. The number of hydrogen-bond acceptors (Lipinski definition) is 3. The number of benzene rings is 2. The van der Waals surface area contributed by atoms with E-state index < -0.39 is 0 Å². The largest absolute Gasteiger partial charge is 0.465 e. The number of furan rings is 1. The topological polar surface area (TPSA) is 71.3 Å². The maximum absolute atomic E-state index is 13.0. The molecule has 0 aliphatic carbocycles. The molecule has 5 nitrogen and oxygen atoms in total. The van der Waals surface area contributed by atoms with Gasteiger partial charge in [-0.15, -0.1) is 0 Å². The molecule has 1 atom stereocenters. The van der Waals surface area contributed by atoms with Crippen LogP contribution in [0.2, 0.25) is 0 Å². The number of nitrogens with one attached hydrogen (secondary N) is 2. The molecule has 30 heavy (non-hydrogen) atoms. The average molecular weight is 402 g/mol. The number of hydrogen-bond donors (Lipinski definition) is 2. The van der Waals surface area contributed by atoms with Gasteiger partial charge in [-0.3, -0.25) is 9.59 Å². The molecule has 1 aromatic heterocycles. The van der Waals surface area contributed by atoms with E-state index in [9.17, 15) is 9.59 Å². The minimum Gasteiger partial charge on any atom is -0.465 e. The molecular formula is C25H26N2O3. The number of aryl methyl sites for hydroxylation is 3. The van der Waals surface area contributed by atoms with Crippen LogP contribution in [0.4, 0.5) is 0 Å². The van der Waals surface area contributed by atoms with Gasteiger partial charge in [0.1, 0.15) is 11.5 Å². The minimum absolute atomic E-state index is 0.118. The Morgan fingerprint density at radius 1 is 0.967 bits per heavy atom. The maximum Gasteiger partial charge on any atom is 0.268 e. The van der Waals surface area contributed by atoms with Gasteiger partial charge in [-0.25, -0.2) is 0 Å². The lowest BCUT2D eigenvalue weighted by atomic mass is 10.00. The highest BCUT2D eigenvalue weighted by Crippen LogP contribution is 2.19. The number of amides is 2. The molecule has 2 aromatic carbocycles. The summed E-state index contributed by atoms with van der Waals surface area (Å²) in [7, 11) is 0. The third-order valence-electron chi connectivity index (χ3n) is 4.89. The average Bonchev–Trinajstić information content (AvgIpc) is 3.22. The lowest BCUT2D eigenvalue weighted by Crippen LogP contribution is -2.36. The molecule has 5 heteroatoms. The zero-order chi connectivity index (χ0) is 21.7. The number of carbonyl (C=O) groups is 2. The van der Waals surface area contributed by atoms with Crippen LogP contribution in [0.5, 0.6) is 0 Å². The lowest BCUT2D eigenvalue weighted by molar-refractivity contribution is -0.118. The smallest absolute Gasteiger partial charge is 0.268 e. The molecule has 0 aliphatic rings. The van der Waals surface area contributed by atoms with Crippen molar-refractivity contribution >= 4 is 17.9 Å². The first-order chi connectivity index (χ1) is 14.3. The van der Waals surface area contributed by atoms with Crippen LogP contribution in [0.25, 0.3) is 6.08 Å². The van der Waals surface area contributed by atoms with Crippen LogP contribution in [-0.4, -0.2) is 11.8 Å². The van der Waals surface area contributed by atoms with Gasteiger partial charge in [-0.05, 0) is 63.1 Å². The predicted octanol–water partition coefficient (Wildman–Crippen LogP) is 4.85. The first-order valence-electron chi connectivity index (χ1n) is 9.84. The van der Waals surface area contributed by atoms with Gasteiger partial charge in [0.2, 0.25) is 0 Å². The first kappa shape index (κ1) is 21.1. The van der Waals surface area contributed by atoms with E-state index >= 15 is 0 Å². The van der Waals surface area contributed by atoms with Gasteiger partial charge < -0.3 is 15.1 Å². The Hall–Kier alpha value is -3.60. The highest BCUT2D eigenvalue weighted by atomic mass is 16.3. The lowest BCUT2D eigenvalue weighted by Gasteiger charge is -2.19. The molecule has 154 valence electrons. The molecule has 0 spiro atoms. The summed E-state index contributed by atoms with van der Waals surface area (Å²) >= 11 is 0. The zero-order valence-corrected chi connectivity index (χ0v) is 17.7. The summed E-state index contributed by atoms with van der Waals surface area (Å²) in [6.45, 7) is 7.90. The van der Waals surface area contributed by atoms with Gasteiger partial charge in [-0.1, -0.05) is 41.5 Å². The fourth-order valence-corrected chi connectivity index (χ4v) is 3.15.